The highest BCUT2D eigenvalue weighted by Crippen LogP contribution is 2.19. The number of rotatable bonds is 3. The first-order valence-corrected chi connectivity index (χ1v) is 5.37. The van der Waals surface area contributed by atoms with Crippen molar-refractivity contribution in [1.82, 2.24) is 4.57 Å². The Morgan fingerprint density at radius 1 is 1.53 bits per heavy atom. The lowest BCUT2D eigenvalue weighted by Gasteiger charge is -2.03. The minimum Gasteiger partial charge on any atom is -0.383 e. The Kier molecular flexibility index (Phi) is 2.83. The third-order valence-electron chi connectivity index (χ3n) is 2.19. The number of nitrogens with zero attached hydrogens (tertiary/aromatic N) is 1. The molecule has 0 aliphatic heterocycles. The Morgan fingerprint density at radius 2 is 2.33 bits per heavy atom. The fraction of sp³-hybridized carbons (Fsp3) is 0.300. The van der Waals surface area contributed by atoms with E-state index in [-0.39, 0.29) is 5.82 Å². The van der Waals surface area contributed by atoms with Crippen molar-refractivity contribution >= 4 is 21.6 Å². The zero-order valence-electron chi connectivity index (χ0n) is 8.29. The Balaban J connectivity index is 2.61. The van der Waals surface area contributed by atoms with Crippen molar-refractivity contribution in [3.8, 4) is 0 Å². The van der Waals surface area contributed by atoms with Gasteiger partial charge in [-0.25, -0.2) is 4.39 Å². The average Bonchev–Trinajstić information content (AvgIpc) is 2.53. The van der Waals surface area contributed by atoms with Crippen LogP contribution >= 0.6 is 11.3 Å². The number of aromatic nitrogens is 1. The summed E-state index contributed by atoms with van der Waals surface area (Å²) in [6, 6.07) is 4.90. The summed E-state index contributed by atoms with van der Waals surface area (Å²) in [4.78, 5) is 0.354. The molecule has 0 bridgehead atoms. The number of ether oxygens (including phenoxy) is 1. The lowest BCUT2D eigenvalue weighted by atomic mass is 10.3. The predicted molar refractivity (Wildman–Crippen MR) is 57.5 cm³/mol. The molecule has 2 rings (SSSR count). The zero-order valence-corrected chi connectivity index (χ0v) is 9.10. The van der Waals surface area contributed by atoms with Crippen LogP contribution in [0.15, 0.2) is 18.2 Å². The Morgan fingerprint density at radius 3 is 3.07 bits per heavy atom. The van der Waals surface area contributed by atoms with E-state index in [1.165, 1.54) is 17.4 Å². The Labute approximate surface area is 90.2 Å². The number of benzene rings is 1. The van der Waals surface area contributed by atoms with Crippen LogP contribution < -0.4 is 4.80 Å². The van der Waals surface area contributed by atoms with Crippen LogP contribution in [0.3, 0.4) is 0 Å². The van der Waals surface area contributed by atoms with Gasteiger partial charge >= 0.3 is 0 Å². The maximum atomic E-state index is 13.5. The van der Waals surface area contributed by atoms with Gasteiger partial charge < -0.3 is 9.30 Å². The van der Waals surface area contributed by atoms with Crippen molar-refractivity contribution in [3.05, 3.63) is 28.8 Å². The van der Waals surface area contributed by atoms with Gasteiger partial charge in [0.15, 0.2) is 4.80 Å². The van der Waals surface area contributed by atoms with Crippen molar-refractivity contribution in [2.24, 2.45) is 0 Å². The minimum absolute atomic E-state index is 0.279. The first-order valence-electron chi connectivity index (χ1n) is 4.55. The molecule has 1 N–H and O–H groups in total. The van der Waals surface area contributed by atoms with Crippen LogP contribution in [-0.2, 0) is 11.3 Å². The number of hydrogen-bond acceptors (Lipinski definition) is 3. The summed E-state index contributed by atoms with van der Waals surface area (Å²) < 4.78 is 20.9. The number of halogens is 1. The molecule has 3 nitrogen and oxygen atoms in total. The lowest BCUT2D eigenvalue weighted by Crippen LogP contribution is -2.16. The van der Waals surface area contributed by atoms with Gasteiger partial charge in [-0.1, -0.05) is 17.4 Å². The average molecular weight is 226 g/mol. The monoisotopic (exact) mass is 226 g/mol. The molecule has 0 fully saturated rings. The Bertz CT molecular complexity index is 532. The molecule has 80 valence electrons. The van der Waals surface area contributed by atoms with Gasteiger partial charge in [-0.05, 0) is 12.1 Å². The standard InChI is InChI=1S/C10H11FN2OS/c1-14-6-5-13-9-7(11)3-2-4-8(9)15-10(13)12/h2-4,12H,5-6H2,1H3. The minimum atomic E-state index is -0.279. The van der Waals surface area contributed by atoms with E-state index in [0.717, 1.165) is 4.70 Å². The molecule has 0 saturated heterocycles. The van der Waals surface area contributed by atoms with E-state index in [9.17, 15) is 4.39 Å². The molecule has 0 radical (unpaired) electrons. The van der Waals surface area contributed by atoms with Crippen LogP contribution in [0.1, 0.15) is 0 Å². The molecule has 0 aliphatic rings. The molecule has 1 aromatic heterocycles. The molecular weight excluding hydrogens is 215 g/mol. The number of methoxy groups -OCH3 is 1. The topological polar surface area (TPSA) is 38.0 Å². The van der Waals surface area contributed by atoms with Gasteiger partial charge in [-0.3, -0.25) is 5.41 Å². The Hall–Kier alpha value is -1.20. The van der Waals surface area contributed by atoms with Gasteiger partial charge in [0, 0.05) is 13.7 Å². The summed E-state index contributed by atoms with van der Waals surface area (Å²) in [6.45, 7) is 0.993. The highest BCUT2D eigenvalue weighted by atomic mass is 32.1. The van der Waals surface area contributed by atoms with Gasteiger partial charge in [0.25, 0.3) is 0 Å². The molecule has 0 amide bonds. The molecule has 1 heterocycles. The summed E-state index contributed by atoms with van der Waals surface area (Å²) in [7, 11) is 1.59. The van der Waals surface area contributed by atoms with Gasteiger partial charge in [0.1, 0.15) is 5.82 Å². The van der Waals surface area contributed by atoms with Crippen molar-refractivity contribution in [2.45, 2.75) is 6.54 Å². The fourth-order valence-corrected chi connectivity index (χ4v) is 2.45. The SMILES string of the molecule is COCCn1c(=N)sc2cccc(F)c21. The maximum absolute atomic E-state index is 13.5. The van der Waals surface area contributed by atoms with Gasteiger partial charge in [0.2, 0.25) is 0 Å². The van der Waals surface area contributed by atoms with Gasteiger partial charge in [-0.15, -0.1) is 0 Å². The summed E-state index contributed by atoms with van der Waals surface area (Å²) >= 11 is 1.28. The van der Waals surface area contributed by atoms with Crippen molar-refractivity contribution in [1.29, 1.82) is 5.41 Å². The van der Waals surface area contributed by atoms with Crippen molar-refractivity contribution in [2.75, 3.05) is 13.7 Å². The van der Waals surface area contributed by atoms with E-state index < -0.39 is 0 Å². The summed E-state index contributed by atoms with van der Waals surface area (Å²) in [5.74, 6) is -0.279. The zero-order chi connectivity index (χ0) is 10.8. The third-order valence-corrected chi connectivity index (χ3v) is 3.15. The first-order chi connectivity index (χ1) is 7.24. The summed E-state index contributed by atoms with van der Waals surface area (Å²) in [5.41, 5.74) is 0.504. The van der Waals surface area contributed by atoms with Crippen LogP contribution in [0.5, 0.6) is 0 Å². The molecule has 0 spiro atoms. The van der Waals surface area contributed by atoms with Crippen molar-refractivity contribution in [3.63, 3.8) is 0 Å². The molecule has 0 atom stereocenters. The first kappa shape index (κ1) is 10.3. The molecule has 5 heteroatoms. The van der Waals surface area contributed by atoms with Crippen LogP contribution in [0, 0.1) is 11.2 Å². The van der Waals surface area contributed by atoms with Crippen LogP contribution in [0.4, 0.5) is 4.39 Å². The smallest absolute Gasteiger partial charge is 0.183 e. The summed E-state index contributed by atoms with van der Waals surface area (Å²) in [6.07, 6.45) is 0. The van der Waals surface area contributed by atoms with Crippen LogP contribution in [-0.4, -0.2) is 18.3 Å². The second-order valence-corrected chi connectivity index (χ2v) is 4.17. The molecule has 15 heavy (non-hydrogen) atoms. The maximum Gasteiger partial charge on any atom is 0.183 e. The van der Waals surface area contributed by atoms with E-state index in [2.05, 4.69) is 0 Å². The molecule has 0 aliphatic carbocycles. The van der Waals surface area contributed by atoms with E-state index in [0.29, 0.717) is 23.5 Å². The number of para-hydroxylation sites is 1. The van der Waals surface area contributed by atoms with E-state index in [4.69, 9.17) is 10.1 Å². The highest BCUT2D eigenvalue weighted by Gasteiger charge is 2.08. The normalized spacial score (nSPS) is 11.1. The molecule has 1 aromatic carbocycles. The molecular formula is C10H11FN2OS. The van der Waals surface area contributed by atoms with E-state index in [1.54, 1.807) is 17.7 Å². The van der Waals surface area contributed by atoms with E-state index >= 15 is 0 Å². The number of thiazole rings is 1. The van der Waals surface area contributed by atoms with Crippen molar-refractivity contribution < 1.29 is 9.13 Å². The third kappa shape index (κ3) is 1.80. The quantitative estimate of drug-likeness (QED) is 0.853. The highest BCUT2D eigenvalue weighted by molar-refractivity contribution is 7.16. The second-order valence-electron chi connectivity index (χ2n) is 3.14. The van der Waals surface area contributed by atoms with Crippen LogP contribution in [0.25, 0.3) is 10.2 Å². The fourth-order valence-electron chi connectivity index (χ4n) is 1.50. The largest absolute Gasteiger partial charge is 0.383 e. The molecule has 2 aromatic rings. The molecule has 0 unspecified atom stereocenters. The summed E-state index contributed by atoms with van der Waals surface area (Å²) in [5, 5.41) is 7.73. The lowest BCUT2D eigenvalue weighted by molar-refractivity contribution is 0.187. The molecule has 0 saturated carbocycles. The van der Waals surface area contributed by atoms with Crippen LogP contribution in [0.2, 0.25) is 0 Å². The number of hydrogen-bond donors (Lipinski definition) is 1. The number of nitrogens with one attached hydrogen (secondary N) is 1. The van der Waals surface area contributed by atoms with E-state index in [1.807, 2.05) is 6.07 Å². The predicted octanol–water partition coefficient (Wildman–Crippen LogP) is 1.97. The van der Waals surface area contributed by atoms with Gasteiger partial charge in [-0.2, -0.15) is 0 Å². The number of fused-ring (bicyclic) bond motifs is 1. The van der Waals surface area contributed by atoms with Gasteiger partial charge in [0.05, 0.1) is 16.8 Å². The second kappa shape index (κ2) is 4.12.